The highest BCUT2D eigenvalue weighted by Crippen LogP contribution is 2.31. The summed E-state index contributed by atoms with van der Waals surface area (Å²) in [5.74, 6) is 1.21. The maximum absolute atomic E-state index is 13.0. The molecule has 3 aromatic rings. The third-order valence-corrected chi connectivity index (χ3v) is 5.55. The molecule has 2 heterocycles. The summed E-state index contributed by atoms with van der Waals surface area (Å²) in [7, 11) is 0. The molecular weight excluding hydrogens is 338 g/mol. The summed E-state index contributed by atoms with van der Waals surface area (Å²) in [5.41, 5.74) is 5.37. The second kappa shape index (κ2) is 7.06. The standard InChI is InChI=1S/C22H25N3O2/c1-14-11-18-19(12-15(14)2)24-22(23-18)20-5-3-4-10-25(20)21(27)13-16-6-8-17(26)9-7-16/h6-9,11-12,20,26H,3-5,10,13H2,1-2H3,(H,23,24). The number of amides is 1. The summed E-state index contributed by atoms with van der Waals surface area (Å²) in [6, 6.07) is 11.1. The van der Waals surface area contributed by atoms with Crippen molar-refractivity contribution < 1.29 is 9.90 Å². The minimum atomic E-state index is -0.00335. The Hall–Kier alpha value is -2.82. The molecule has 2 aromatic carbocycles. The molecule has 1 saturated heterocycles. The van der Waals surface area contributed by atoms with Crippen LogP contribution in [0.4, 0.5) is 0 Å². The van der Waals surface area contributed by atoms with Gasteiger partial charge in [-0.2, -0.15) is 0 Å². The number of fused-ring (bicyclic) bond motifs is 1. The number of phenols is 1. The second-order valence-corrected chi connectivity index (χ2v) is 7.52. The third kappa shape index (κ3) is 3.54. The van der Waals surface area contributed by atoms with Crippen LogP contribution in [0.5, 0.6) is 5.75 Å². The van der Waals surface area contributed by atoms with Crippen LogP contribution < -0.4 is 0 Å². The van der Waals surface area contributed by atoms with Crippen molar-refractivity contribution in [2.24, 2.45) is 0 Å². The molecule has 1 amide bonds. The van der Waals surface area contributed by atoms with Crippen molar-refractivity contribution in [1.29, 1.82) is 0 Å². The number of phenolic OH excluding ortho intramolecular Hbond substituents is 1. The smallest absolute Gasteiger partial charge is 0.227 e. The van der Waals surface area contributed by atoms with Gasteiger partial charge in [-0.15, -0.1) is 0 Å². The van der Waals surface area contributed by atoms with Gasteiger partial charge in [0.1, 0.15) is 11.6 Å². The molecule has 0 aliphatic carbocycles. The number of imidazole rings is 1. The van der Waals surface area contributed by atoms with Crippen molar-refractivity contribution in [3.8, 4) is 5.75 Å². The second-order valence-electron chi connectivity index (χ2n) is 7.52. The van der Waals surface area contributed by atoms with Crippen molar-refractivity contribution in [2.45, 2.75) is 45.6 Å². The minimum absolute atomic E-state index is 0.00335. The zero-order valence-corrected chi connectivity index (χ0v) is 15.8. The molecule has 1 aromatic heterocycles. The van der Waals surface area contributed by atoms with Crippen LogP contribution in [0.1, 0.15) is 47.8 Å². The Morgan fingerprint density at radius 3 is 2.70 bits per heavy atom. The molecule has 1 aliphatic heterocycles. The number of nitrogens with one attached hydrogen (secondary N) is 1. The van der Waals surface area contributed by atoms with Gasteiger partial charge in [0.05, 0.1) is 23.5 Å². The van der Waals surface area contributed by atoms with Gasteiger partial charge in [0, 0.05) is 6.54 Å². The summed E-state index contributed by atoms with van der Waals surface area (Å²) in [6.45, 7) is 4.96. The normalized spacial score (nSPS) is 17.4. The lowest BCUT2D eigenvalue weighted by Gasteiger charge is -2.34. The fourth-order valence-corrected chi connectivity index (χ4v) is 3.85. The zero-order chi connectivity index (χ0) is 19.0. The number of carbonyl (C=O) groups excluding carboxylic acids is 1. The number of likely N-dealkylation sites (tertiary alicyclic amines) is 1. The van der Waals surface area contributed by atoms with Crippen molar-refractivity contribution in [3.63, 3.8) is 0 Å². The third-order valence-electron chi connectivity index (χ3n) is 5.55. The van der Waals surface area contributed by atoms with Crippen LogP contribution >= 0.6 is 0 Å². The Morgan fingerprint density at radius 2 is 1.93 bits per heavy atom. The first-order valence-electron chi connectivity index (χ1n) is 9.55. The van der Waals surface area contributed by atoms with E-state index in [-0.39, 0.29) is 17.7 Å². The van der Waals surface area contributed by atoms with Gasteiger partial charge in [0.2, 0.25) is 5.91 Å². The van der Waals surface area contributed by atoms with Gasteiger partial charge >= 0.3 is 0 Å². The highest BCUT2D eigenvalue weighted by Gasteiger charge is 2.30. The van der Waals surface area contributed by atoms with Crippen LogP contribution in [0.3, 0.4) is 0 Å². The van der Waals surface area contributed by atoms with E-state index in [9.17, 15) is 9.90 Å². The fourth-order valence-electron chi connectivity index (χ4n) is 3.85. The number of benzene rings is 2. The number of aromatic hydroxyl groups is 1. The van der Waals surface area contributed by atoms with E-state index >= 15 is 0 Å². The molecule has 27 heavy (non-hydrogen) atoms. The Kier molecular flexibility index (Phi) is 4.60. The summed E-state index contributed by atoms with van der Waals surface area (Å²) < 4.78 is 0. The molecule has 5 heteroatoms. The van der Waals surface area contributed by atoms with Crippen LogP contribution in [0.2, 0.25) is 0 Å². The lowest BCUT2D eigenvalue weighted by molar-refractivity contribution is -0.134. The Balaban J connectivity index is 1.60. The van der Waals surface area contributed by atoms with Crippen molar-refractivity contribution in [2.75, 3.05) is 6.54 Å². The fraction of sp³-hybridized carbons (Fsp3) is 0.364. The van der Waals surface area contributed by atoms with Gasteiger partial charge in [0.15, 0.2) is 0 Å². The van der Waals surface area contributed by atoms with Crippen LogP contribution in [0.25, 0.3) is 11.0 Å². The number of hydrogen-bond donors (Lipinski definition) is 2. The van der Waals surface area contributed by atoms with Gasteiger partial charge in [0.25, 0.3) is 0 Å². The summed E-state index contributed by atoms with van der Waals surface area (Å²) in [6.07, 6.45) is 3.40. The minimum Gasteiger partial charge on any atom is -0.508 e. The number of aryl methyl sites for hydroxylation is 2. The first-order chi connectivity index (χ1) is 13.0. The van der Waals surface area contributed by atoms with Crippen LogP contribution in [0, 0.1) is 13.8 Å². The van der Waals surface area contributed by atoms with Crippen molar-refractivity contribution in [1.82, 2.24) is 14.9 Å². The van der Waals surface area contributed by atoms with Crippen LogP contribution in [-0.2, 0) is 11.2 Å². The lowest BCUT2D eigenvalue weighted by atomic mass is 10.00. The van der Waals surface area contributed by atoms with E-state index in [1.165, 1.54) is 11.1 Å². The molecule has 0 spiro atoms. The monoisotopic (exact) mass is 363 g/mol. The topological polar surface area (TPSA) is 69.2 Å². The number of nitrogens with zero attached hydrogens (tertiary/aromatic N) is 2. The molecule has 140 valence electrons. The number of H-pyrrole nitrogens is 1. The van der Waals surface area contributed by atoms with Crippen molar-refractivity contribution in [3.05, 3.63) is 58.9 Å². The molecule has 0 saturated carbocycles. The first-order valence-corrected chi connectivity index (χ1v) is 9.55. The summed E-state index contributed by atoms with van der Waals surface area (Å²) >= 11 is 0. The summed E-state index contributed by atoms with van der Waals surface area (Å²) in [4.78, 5) is 23.2. The molecule has 1 fully saturated rings. The zero-order valence-electron chi connectivity index (χ0n) is 15.8. The molecule has 2 N–H and O–H groups in total. The molecule has 5 nitrogen and oxygen atoms in total. The number of aromatic nitrogens is 2. The van der Waals surface area contributed by atoms with E-state index in [0.29, 0.717) is 6.42 Å². The van der Waals surface area contributed by atoms with E-state index in [2.05, 4.69) is 31.0 Å². The van der Waals surface area contributed by atoms with E-state index < -0.39 is 0 Å². The maximum atomic E-state index is 13.0. The molecule has 0 radical (unpaired) electrons. The number of hydrogen-bond acceptors (Lipinski definition) is 3. The number of carbonyl (C=O) groups is 1. The molecule has 1 aliphatic rings. The molecule has 0 bridgehead atoms. The maximum Gasteiger partial charge on any atom is 0.227 e. The van der Waals surface area contributed by atoms with E-state index in [0.717, 1.165) is 48.2 Å². The predicted molar refractivity (Wildman–Crippen MR) is 106 cm³/mol. The SMILES string of the molecule is Cc1cc2nc(C3CCCCN3C(=O)Cc3ccc(O)cc3)[nH]c2cc1C. The van der Waals surface area contributed by atoms with Crippen LogP contribution in [-0.4, -0.2) is 32.4 Å². The molecule has 1 unspecified atom stereocenters. The first kappa shape index (κ1) is 17.6. The number of piperidine rings is 1. The van der Waals surface area contributed by atoms with Crippen LogP contribution in [0.15, 0.2) is 36.4 Å². The Bertz CT molecular complexity index is 936. The predicted octanol–water partition coefficient (Wildman–Crippen LogP) is 4.18. The van der Waals surface area contributed by atoms with Gasteiger partial charge in [-0.1, -0.05) is 12.1 Å². The summed E-state index contributed by atoms with van der Waals surface area (Å²) in [5, 5.41) is 9.43. The Labute approximate surface area is 159 Å². The number of rotatable bonds is 3. The quantitative estimate of drug-likeness (QED) is 0.733. The lowest BCUT2D eigenvalue weighted by Crippen LogP contribution is -2.39. The van der Waals surface area contributed by atoms with Gasteiger partial charge in [-0.05, 0) is 74.1 Å². The van der Waals surface area contributed by atoms with E-state index in [4.69, 9.17) is 4.98 Å². The number of aromatic amines is 1. The van der Waals surface area contributed by atoms with E-state index in [1.54, 1.807) is 24.3 Å². The molecule has 1 atom stereocenters. The van der Waals surface area contributed by atoms with Gasteiger partial charge in [-0.25, -0.2) is 4.98 Å². The highest BCUT2D eigenvalue weighted by atomic mass is 16.3. The van der Waals surface area contributed by atoms with Crippen molar-refractivity contribution >= 4 is 16.9 Å². The molecular formula is C22H25N3O2. The Morgan fingerprint density at radius 1 is 1.19 bits per heavy atom. The van der Waals surface area contributed by atoms with Gasteiger partial charge < -0.3 is 15.0 Å². The van der Waals surface area contributed by atoms with Gasteiger partial charge in [-0.3, -0.25) is 4.79 Å². The molecule has 4 rings (SSSR count). The average molecular weight is 363 g/mol. The average Bonchev–Trinajstić information content (AvgIpc) is 3.06. The highest BCUT2D eigenvalue weighted by molar-refractivity contribution is 5.80. The largest absolute Gasteiger partial charge is 0.508 e. The van der Waals surface area contributed by atoms with E-state index in [1.807, 2.05) is 4.90 Å².